The van der Waals surface area contributed by atoms with E-state index < -0.39 is 29.7 Å². The quantitative estimate of drug-likeness (QED) is 0.119. The van der Waals surface area contributed by atoms with Crippen molar-refractivity contribution in [2.45, 2.75) is 89.6 Å². The van der Waals surface area contributed by atoms with Gasteiger partial charge in [0.25, 0.3) is 0 Å². The number of hydrogen-bond acceptors (Lipinski definition) is 6. The van der Waals surface area contributed by atoms with Gasteiger partial charge in [0, 0.05) is 5.56 Å². The molecule has 1 fully saturated rings. The maximum Gasteiger partial charge on any atom is 0.223 e. The average Bonchev–Trinajstić information content (AvgIpc) is 3.18. The molecule has 0 saturated carbocycles. The monoisotopic (exact) mass is 686 g/mol. The zero-order valence-corrected chi connectivity index (χ0v) is 30.2. The minimum absolute atomic E-state index is 0.254. The van der Waals surface area contributed by atoms with Crippen LogP contribution in [0.1, 0.15) is 65.6 Å². The maximum absolute atomic E-state index is 13.2. The molecular weight excluding hydrogens is 636 g/mol. The average molecular weight is 687 g/mol. The molecule has 4 unspecified atom stereocenters. The molecular formula is C45H50O6. The van der Waals surface area contributed by atoms with Gasteiger partial charge in [-0.25, -0.2) is 0 Å². The van der Waals surface area contributed by atoms with Crippen LogP contribution in [0.2, 0.25) is 0 Å². The normalized spacial score (nSPS) is 21.3. The number of methoxy groups -OCH3 is 1. The zero-order chi connectivity index (χ0) is 35.7. The Morgan fingerprint density at radius 3 is 1.63 bits per heavy atom. The van der Waals surface area contributed by atoms with E-state index in [2.05, 4.69) is 57.2 Å². The van der Waals surface area contributed by atoms with Crippen LogP contribution < -0.4 is 4.74 Å². The SMILES string of the molecule is CCC1(CC)OC(O)(c2ccc(C)c(Cc3ccc(OC)cc3)c2)C(OCc2ccccc2)C(OCc2ccccc2)C1OCc1ccccc1. The molecule has 1 N–H and O–H groups in total. The smallest absolute Gasteiger partial charge is 0.223 e. The van der Waals surface area contributed by atoms with Gasteiger partial charge in [-0.15, -0.1) is 0 Å². The molecule has 5 aromatic carbocycles. The van der Waals surface area contributed by atoms with Crippen LogP contribution in [-0.2, 0) is 51.0 Å². The lowest BCUT2D eigenvalue weighted by atomic mass is 9.77. The Morgan fingerprint density at radius 2 is 1.12 bits per heavy atom. The minimum Gasteiger partial charge on any atom is -0.497 e. The van der Waals surface area contributed by atoms with Crippen molar-refractivity contribution in [3.8, 4) is 5.75 Å². The lowest BCUT2D eigenvalue weighted by Crippen LogP contribution is -2.69. The Morgan fingerprint density at radius 1 is 0.608 bits per heavy atom. The van der Waals surface area contributed by atoms with Crippen molar-refractivity contribution >= 4 is 0 Å². The molecule has 0 spiro atoms. The summed E-state index contributed by atoms with van der Waals surface area (Å²) in [6.07, 6.45) is -0.327. The second kappa shape index (κ2) is 16.8. The number of aliphatic hydroxyl groups is 1. The third kappa shape index (κ3) is 8.44. The summed E-state index contributed by atoms with van der Waals surface area (Å²) < 4.78 is 33.1. The predicted molar refractivity (Wildman–Crippen MR) is 200 cm³/mol. The molecule has 51 heavy (non-hydrogen) atoms. The fourth-order valence-electron chi connectivity index (χ4n) is 7.09. The van der Waals surface area contributed by atoms with Crippen LogP contribution in [0.25, 0.3) is 0 Å². The van der Waals surface area contributed by atoms with Crippen molar-refractivity contribution in [2.75, 3.05) is 7.11 Å². The van der Waals surface area contributed by atoms with Gasteiger partial charge < -0.3 is 28.8 Å². The van der Waals surface area contributed by atoms with E-state index in [1.54, 1.807) is 7.11 Å². The van der Waals surface area contributed by atoms with Gasteiger partial charge in [0.05, 0.1) is 26.9 Å². The molecule has 1 saturated heterocycles. The van der Waals surface area contributed by atoms with Gasteiger partial charge in [-0.3, -0.25) is 0 Å². The topological polar surface area (TPSA) is 66.4 Å². The number of rotatable bonds is 15. The Labute approximate surface area is 302 Å². The van der Waals surface area contributed by atoms with Crippen molar-refractivity contribution in [2.24, 2.45) is 0 Å². The molecule has 6 rings (SSSR count). The molecule has 5 aromatic rings. The molecule has 0 bridgehead atoms. The Hall–Kier alpha value is -4.30. The number of ether oxygens (including phenoxy) is 5. The number of aryl methyl sites for hydroxylation is 1. The molecule has 0 radical (unpaired) electrons. The van der Waals surface area contributed by atoms with Gasteiger partial charge >= 0.3 is 0 Å². The van der Waals surface area contributed by atoms with Crippen LogP contribution >= 0.6 is 0 Å². The molecule has 4 atom stereocenters. The van der Waals surface area contributed by atoms with E-state index in [9.17, 15) is 5.11 Å². The number of benzene rings is 5. The minimum atomic E-state index is -1.86. The first-order valence-corrected chi connectivity index (χ1v) is 18.0. The first-order chi connectivity index (χ1) is 24.9. The number of hydrogen-bond donors (Lipinski definition) is 1. The molecule has 1 heterocycles. The van der Waals surface area contributed by atoms with Crippen molar-refractivity contribution in [1.82, 2.24) is 0 Å². The standard InChI is InChI=1S/C45H50O6/c1-5-44(6-2)42(49-31-36-18-12-8-13-19-36)41(48-30-35-16-10-7-11-17-35)43(50-32-37-20-14-9-15-21-37)45(46,51-44)39-25-22-33(3)38(29-39)28-34-23-26-40(47-4)27-24-34/h7-27,29,41-43,46H,5-6,28,30-32H2,1-4H3. The van der Waals surface area contributed by atoms with Crippen LogP contribution in [0.3, 0.4) is 0 Å². The molecule has 6 nitrogen and oxygen atoms in total. The summed E-state index contributed by atoms with van der Waals surface area (Å²) in [5.74, 6) is -1.05. The molecule has 0 aromatic heterocycles. The van der Waals surface area contributed by atoms with E-state index >= 15 is 0 Å². The highest BCUT2D eigenvalue weighted by atomic mass is 16.7. The lowest BCUT2D eigenvalue weighted by Gasteiger charge is -2.56. The van der Waals surface area contributed by atoms with E-state index in [1.165, 1.54) is 0 Å². The summed E-state index contributed by atoms with van der Waals surface area (Å²) in [6, 6.07) is 44.4. The molecule has 1 aliphatic rings. The van der Waals surface area contributed by atoms with E-state index in [0.717, 1.165) is 39.1 Å². The molecule has 0 amide bonds. The summed E-state index contributed by atoms with van der Waals surface area (Å²) in [7, 11) is 1.67. The molecule has 6 heteroatoms. The van der Waals surface area contributed by atoms with Gasteiger partial charge in [0.2, 0.25) is 5.79 Å². The van der Waals surface area contributed by atoms with Crippen LogP contribution in [-0.4, -0.2) is 36.1 Å². The summed E-state index contributed by atoms with van der Waals surface area (Å²) in [4.78, 5) is 0. The van der Waals surface area contributed by atoms with Gasteiger partial charge in [0.1, 0.15) is 29.7 Å². The van der Waals surface area contributed by atoms with Crippen LogP contribution in [0.4, 0.5) is 0 Å². The summed E-state index contributed by atoms with van der Waals surface area (Å²) in [6.45, 7) is 7.21. The van der Waals surface area contributed by atoms with Crippen molar-refractivity contribution in [3.63, 3.8) is 0 Å². The molecule has 266 valence electrons. The molecule has 0 aliphatic carbocycles. The fourth-order valence-corrected chi connectivity index (χ4v) is 7.09. The largest absolute Gasteiger partial charge is 0.497 e. The van der Waals surface area contributed by atoms with Gasteiger partial charge in [-0.1, -0.05) is 129 Å². The van der Waals surface area contributed by atoms with E-state index in [1.807, 2.05) is 97.1 Å². The maximum atomic E-state index is 13.2. The highest BCUT2D eigenvalue weighted by Gasteiger charge is 2.62. The Kier molecular flexibility index (Phi) is 12.0. The van der Waals surface area contributed by atoms with E-state index in [0.29, 0.717) is 38.0 Å². The summed E-state index contributed by atoms with van der Waals surface area (Å²) in [5.41, 5.74) is 6.12. The van der Waals surface area contributed by atoms with E-state index in [-0.39, 0.29) is 6.61 Å². The van der Waals surface area contributed by atoms with Crippen molar-refractivity contribution in [1.29, 1.82) is 0 Å². The van der Waals surface area contributed by atoms with Gasteiger partial charge in [-0.2, -0.15) is 0 Å². The highest BCUT2D eigenvalue weighted by molar-refractivity contribution is 5.39. The van der Waals surface area contributed by atoms with Gasteiger partial charge in [-0.05, 0) is 77.8 Å². The Bertz CT molecular complexity index is 1790. The first-order valence-electron chi connectivity index (χ1n) is 18.0. The predicted octanol–water partition coefficient (Wildman–Crippen LogP) is 9.08. The first kappa shape index (κ1) is 36.5. The summed E-state index contributed by atoms with van der Waals surface area (Å²) >= 11 is 0. The highest BCUT2D eigenvalue weighted by Crippen LogP contribution is 2.48. The summed E-state index contributed by atoms with van der Waals surface area (Å²) in [5, 5.41) is 13.2. The second-order valence-electron chi connectivity index (χ2n) is 13.4. The lowest BCUT2D eigenvalue weighted by molar-refractivity contribution is -0.404. The third-order valence-corrected chi connectivity index (χ3v) is 10.2. The van der Waals surface area contributed by atoms with Gasteiger partial charge in [0.15, 0.2) is 0 Å². The van der Waals surface area contributed by atoms with Crippen LogP contribution in [0, 0.1) is 6.92 Å². The zero-order valence-electron chi connectivity index (χ0n) is 30.2. The third-order valence-electron chi connectivity index (χ3n) is 10.2. The van der Waals surface area contributed by atoms with E-state index in [4.69, 9.17) is 23.7 Å². The fraction of sp³-hybridized carbons (Fsp3) is 0.333. The second-order valence-corrected chi connectivity index (χ2v) is 13.4. The van der Waals surface area contributed by atoms with Crippen LogP contribution in [0.15, 0.2) is 133 Å². The Balaban J connectivity index is 1.44. The van der Waals surface area contributed by atoms with Crippen molar-refractivity contribution < 1.29 is 28.8 Å². The van der Waals surface area contributed by atoms with Crippen LogP contribution in [0.5, 0.6) is 5.75 Å². The molecule has 1 aliphatic heterocycles. The van der Waals surface area contributed by atoms with Crippen molar-refractivity contribution in [3.05, 3.63) is 172 Å².